The summed E-state index contributed by atoms with van der Waals surface area (Å²) in [5.74, 6) is 1.95. The number of fused-ring (bicyclic) bond motifs is 12. The molecule has 252 valence electrons. The Morgan fingerprint density at radius 1 is 0.566 bits per heavy atom. The highest BCUT2D eigenvalue weighted by molar-refractivity contribution is 6.30. The number of nitrogens with zero attached hydrogens (tertiary/aromatic N) is 5. The molecule has 5 heteroatoms. The van der Waals surface area contributed by atoms with Gasteiger partial charge in [-0.25, -0.2) is 4.98 Å². The Morgan fingerprint density at radius 2 is 1.19 bits per heavy atom. The van der Waals surface area contributed by atoms with Gasteiger partial charge in [0.25, 0.3) is 0 Å². The van der Waals surface area contributed by atoms with Crippen molar-refractivity contribution in [3.05, 3.63) is 169 Å². The molecular weight excluding hydrogens is 647 g/mol. The van der Waals surface area contributed by atoms with Gasteiger partial charge in [0, 0.05) is 43.8 Å². The molecule has 0 fully saturated rings. The second-order valence-electron chi connectivity index (χ2n) is 14.7. The van der Waals surface area contributed by atoms with Crippen LogP contribution in [-0.2, 0) is 5.41 Å². The van der Waals surface area contributed by atoms with Crippen molar-refractivity contribution < 1.29 is 0 Å². The van der Waals surface area contributed by atoms with E-state index < -0.39 is 0 Å². The SMILES string of the molecule is CC1(C)c2ccccc2-c2c1c1c3ccccc3n(-c3nc(C4=CCCC=C4)nc(-c4ccccc4)n3)c1c1c2c2ccccc2n1-c1ccccc1. The molecule has 0 amide bonds. The van der Waals surface area contributed by atoms with Gasteiger partial charge in [-0.15, -0.1) is 0 Å². The predicted octanol–water partition coefficient (Wildman–Crippen LogP) is 11.8. The summed E-state index contributed by atoms with van der Waals surface area (Å²) >= 11 is 0. The van der Waals surface area contributed by atoms with Gasteiger partial charge in [0.15, 0.2) is 11.6 Å². The molecule has 0 unspecified atom stereocenters. The van der Waals surface area contributed by atoms with Crippen molar-refractivity contribution in [2.75, 3.05) is 0 Å². The van der Waals surface area contributed by atoms with Gasteiger partial charge in [-0.05, 0) is 59.4 Å². The zero-order valence-corrected chi connectivity index (χ0v) is 29.6. The number of rotatable bonds is 4. The third-order valence-electron chi connectivity index (χ3n) is 11.3. The standard InChI is InChI=1S/C48H35N5/c1-48(2)36-27-15-12-24-33(36)39-40-34-25-13-16-28-37(34)52(32-22-10-5-11-23-32)43(40)44-41(42(39)48)35-26-14-17-29-38(35)53(44)47-50-45(30-18-6-3-7-19-30)49-46(51-47)31-20-8-4-9-21-31/h3,5-8,10-29H,4,9H2,1-2H3. The van der Waals surface area contributed by atoms with E-state index in [-0.39, 0.29) is 5.41 Å². The van der Waals surface area contributed by atoms with E-state index in [0.717, 1.165) is 46.2 Å². The maximum atomic E-state index is 5.37. The van der Waals surface area contributed by atoms with Gasteiger partial charge in [-0.3, -0.25) is 4.57 Å². The molecule has 0 aliphatic heterocycles. The van der Waals surface area contributed by atoms with Crippen LogP contribution < -0.4 is 0 Å². The van der Waals surface area contributed by atoms with Gasteiger partial charge in [0.05, 0.1) is 22.1 Å². The Kier molecular flexibility index (Phi) is 6.36. The van der Waals surface area contributed by atoms with Crippen molar-refractivity contribution in [1.82, 2.24) is 24.1 Å². The predicted molar refractivity (Wildman–Crippen MR) is 218 cm³/mol. The largest absolute Gasteiger partial charge is 0.307 e. The zero-order valence-electron chi connectivity index (χ0n) is 29.6. The van der Waals surface area contributed by atoms with Crippen molar-refractivity contribution in [3.8, 4) is 34.2 Å². The van der Waals surface area contributed by atoms with Gasteiger partial charge in [0.1, 0.15) is 0 Å². The Hall–Kier alpha value is -6.59. The van der Waals surface area contributed by atoms with E-state index in [0.29, 0.717) is 17.6 Å². The van der Waals surface area contributed by atoms with Crippen LogP contribution in [0.25, 0.3) is 83.3 Å². The van der Waals surface area contributed by atoms with Crippen molar-refractivity contribution in [2.45, 2.75) is 32.1 Å². The normalized spacial score (nSPS) is 14.6. The highest BCUT2D eigenvalue weighted by atomic mass is 15.2. The minimum atomic E-state index is -0.263. The minimum Gasteiger partial charge on any atom is -0.307 e. The molecule has 0 spiro atoms. The van der Waals surface area contributed by atoms with E-state index in [9.17, 15) is 0 Å². The second kappa shape index (κ2) is 11.2. The molecule has 0 atom stereocenters. The fourth-order valence-electron chi connectivity index (χ4n) is 9.10. The third kappa shape index (κ3) is 4.22. The molecule has 5 nitrogen and oxygen atoms in total. The summed E-state index contributed by atoms with van der Waals surface area (Å²) in [6.07, 6.45) is 8.60. The van der Waals surface area contributed by atoms with Crippen LogP contribution in [0.4, 0.5) is 0 Å². The van der Waals surface area contributed by atoms with E-state index >= 15 is 0 Å². The van der Waals surface area contributed by atoms with Crippen LogP contribution in [0.1, 0.15) is 43.6 Å². The second-order valence-corrected chi connectivity index (χ2v) is 14.7. The Bertz CT molecular complexity index is 3010. The van der Waals surface area contributed by atoms with E-state index in [4.69, 9.17) is 15.0 Å². The van der Waals surface area contributed by atoms with Crippen molar-refractivity contribution >= 4 is 49.2 Å². The molecule has 0 bridgehead atoms. The van der Waals surface area contributed by atoms with Crippen molar-refractivity contribution in [3.63, 3.8) is 0 Å². The van der Waals surface area contributed by atoms with E-state index in [1.54, 1.807) is 0 Å². The molecule has 3 aromatic heterocycles. The van der Waals surface area contributed by atoms with Gasteiger partial charge >= 0.3 is 0 Å². The number of para-hydroxylation sites is 3. The first-order valence-corrected chi connectivity index (χ1v) is 18.5. The van der Waals surface area contributed by atoms with E-state index in [1.165, 1.54) is 49.3 Å². The van der Waals surface area contributed by atoms with E-state index in [2.05, 4.69) is 156 Å². The molecule has 3 heterocycles. The first-order chi connectivity index (χ1) is 26.1. The third-order valence-corrected chi connectivity index (χ3v) is 11.3. The van der Waals surface area contributed by atoms with Gasteiger partial charge < -0.3 is 4.57 Å². The molecule has 2 aliphatic rings. The molecule has 0 radical (unpaired) electrons. The summed E-state index contributed by atoms with van der Waals surface area (Å²) in [4.78, 5) is 15.8. The lowest BCUT2D eigenvalue weighted by molar-refractivity contribution is 0.667. The minimum absolute atomic E-state index is 0.263. The molecule has 0 saturated carbocycles. The maximum Gasteiger partial charge on any atom is 0.238 e. The molecular formula is C48H35N5. The lowest BCUT2D eigenvalue weighted by atomic mass is 9.80. The Labute approximate surface area is 307 Å². The maximum absolute atomic E-state index is 5.37. The zero-order chi connectivity index (χ0) is 35.3. The van der Waals surface area contributed by atoms with Crippen molar-refractivity contribution in [2.24, 2.45) is 0 Å². The van der Waals surface area contributed by atoms with Crippen LogP contribution >= 0.6 is 0 Å². The number of aromatic nitrogens is 5. The summed E-state index contributed by atoms with van der Waals surface area (Å²) < 4.78 is 4.79. The number of benzene rings is 6. The topological polar surface area (TPSA) is 48.5 Å². The van der Waals surface area contributed by atoms with Crippen LogP contribution in [0.5, 0.6) is 0 Å². The first kappa shape index (κ1) is 30.1. The number of allylic oxidation sites excluding steroid dienone is 4. The van der Waals surface area contributed by atoms with Crippen LogP contribution in [0.15, 0.2) is 152 Å². The summed E-state index contributed by atoms with van der Waals surface area (Å²) in [5, 5.41) is 4.91. The monoisotopic (exact) mass is 681 g/mol. The molecule has 53 heavy (non-hydrogen) atoms. The fourth-order valence-corrected chi connectivity index (χ4v) is 9.10. The van der Waals surface area contributed by atoms with Crippen LogP contribution in [0.2, 0.25) is 0 Å². The first-order valence-electron chi connectivity index (χ1n) is 18.5. The molecule has 6 aromatic carbocycles. The van der Waals surface area contributed by atoms with Crippen LogP contribution in [0.3, 0.4) is 0 Å². The molecule has 0 saturated heterocycles. The van der Waals surface area contributed by atoms with Crippen LogP contribution in [-0.4, -0.2) is 24.1 Å². The highest BCUT2D eigenvalue weighted by Crippen LogP contribution is 2.58. The quantitative estimate of drug-likeness (QED) is 0.186. The fraction of sp³-hybridized carbons (Fsp3) is 0.104. The average Bonchev–Trinajstić information content (AvgIpc) is 3.82. The van der Waals surface area contributed by atoms with Crippen LogP contribution in [0, 0.1) is 0 Å². The number of hydrogen-bond acceptors (Lipinski definition) is 3. The van der Waals surface area contributed by atoms with Gasteiger partial charge in [0.2, 0.25) is 5.95 Å². The van der Waals surface area contributed by atoms with Gasteiger partial charge in [-0.2, -0.15) is 9.97 Å². The summed E-state index contributed by atoms with van der Waals surface area (Å²) in [7, 11) is 0. The van der Waals surface area contributed by atoms with Crippen molar-refractivity contribution in [1.29, 1.82) is 0 Å². The summed E-state index contributed by atoms with van der Waals surface area (Å²) in [6.45, 7) is 4.78. The average molecular weight is 682 g/mol. The lowest BCUT2D eigenvalue weighted by Crippen LogP contribution is -2.15. The molecule has 11 rings (SSSR count). The summed E-state index contributed by atoms with van der Waals surface area (Å²) in [6, 6.07) is 47.7. The molecule has 0 N–H and O–H groups in total. The van der Waals surface area contributed by atoms with Gasteiger partial charge in [-0.1, -0.05) is 141 Å². The number of hydrogen-bond donors (Lipinski definition) is 0. The smallest absolute Gasteiger partial charge is 0.238 e. The lowest BCUT2D eigenvalue weighted by Gasteiger charge is -2.23. The Morgan fingerprint density at radius 3 is 1.94 bits per heavy atom. The van der Waals surface area contributed by atoms with E-state index in [1.807, 2.05) is 18.2 Å². The highest BCUT2D eigenvalue weighted by Gasteiger charge is 2.41. The molecule has 2 aliphatic carbocycles. The Balaban J connectivity index is 1.41. The molecule has 9 aromatic rings. The summed E-state index contributed by atoms with van der Waals surface area (Å²) in [5.41, 5.74) is 12.6.